The Morgan fingerprint density at radius 2 is 2.00 bits per heavy atom. The molecule has 1 aromatic rings. The first kappa shape index (κ1) is 15.8. The number of carbonyl (C=O) groups is 1. The number of hydrogen-bond donors (Lipinski definition) is 0. The van der Waals surface area contributed by atoms with Crippen molar-refractivity contribution >= 4 is 28.8 Å². The molecule has 20 heavy (non-hydrogen) atoms. The maximum atomic E-state index is 12.0. The summed E-state index contributed by atoms with van der Waals surface area (Å²) in [4.78, 5) is 19.6. The van der Waals surface area contributed by atoms with E-state index in [2.05, 4.69) is 15.9 Å². The minimum Gasteiger partial charge on any atom is -0.347 e. The van der Waals surface area contributed by atoms with Crippen molar-refractivity contribution < 1.29 is 4.79 Å². The van der Waals surface area contributed by atoms with Gasteiger partial charge in [-0.25, -0.2) is 0 Å². The molecule has 1 unspecified atom stereocenters. The van der Waals surface area contributed by atoms with Crippen LogP contribution in [0, 0.1) is 0 Å². The summed E-state index contributed by atoms with van der Waals surface area (Å²) in [5, 5.41) is 0. The summed E-state index contributed by atoms with van der Waals surface area (Å²) in [6.45, 7) is 6.85. The molecule has 0 aliphatic carbocycles. The lowest BCUT2D eigenvalue weighted by molar-refractivity contribution is -0.134. The van der Waals surface area contributed by atoms with E-state index in [-0.39, 0.29) is 11.9 Å². The topological polar surface area (TPSA) is 26.8 Å². The Kier molecular flexibility index (Phi) is 5.43. The highest BCUT2D eigenvalue weighted by molar-refractivity contribution is 7.16. The van der Waals surface area contributed by atoms with E-state index in [1.54, 1.807) is 16.2 Å². The SMILES string of the molecule is CC(C(=O)N(C)C)N1CCN(Cc2ccc(Cl)s2)CC1. The van der Waals surface area contributed by atoms with E-state index in [0.29, 0.717) is 0 Å². The van der Waals surface area contributed by atoms with Crippen LogP contribution in [0.1, 0.15) is 11.8 Å². The van der Waals surface area contributed by atoms with Gasteiger partial charge >= 0.3 is 0 Å². The molecule has 4 nitrogen and oxygen atoms in total. The Morgan fingerprint density at radius 3 is 2.50 bits per heavy atom. The molecule has 1 fully saturated rings. The van der Waals surface area contributed by atoms with Gasteiger partial charge in [0.05, 0.1) is 10.4 Å². The third kappa shape index (κ3) is 3.95. The number of rotatable bonds is 4. The molecule has 0 aromatic carbocycles. The number of carbonyl (C=O) groups excluding carboxylic acids is 1. The largest absolute Gasteiger partial charge is 0.347 e. The van der Waals surface area contributed by atoms with Crippen LogP contribution >= 0.6 is 22.9 Å². The molecule has 112 valence electrons. The molecule has 0 bridgehead atoms. The predicted octanol–water partition coefficient (Wildman–Crippen LogP) is 2.00. The number of piperazine rings is 1. The fourth-order valence-corrected chi connectivity index (χ4v) is 3.63. The molecule has 1 aliphatic heterocycles. The van der Waals surface area contributed by atoms with Crippen molar-refractivity contribution in [2.24, 2.45) is 0 Å². The fourth-order valence-electron chi connectivity index (χ4n) is 2.50. The number of likely N-dealkylation sites (N-methyl/N-ethyl adjacent to an activating group) is 1. The summed E-state index contributed by atoms with van der Waals surface area (Å²) < 4.78 is 0.851. The van der Waals surface area contributed by atoms with Crippen LogP contribution in [0.3, 0.4) is 0 Å². The highest BCUT2D eigenvalue weighted by Crippen LogP contribution is 2.23. The molecule has 0 spiro atoms. The van der Waals surface area contributed by atoms with Gasteiger partial charge in [0.15, 0.2) is 0 Å². The van der Waals surface area contributed by atoms with Gasteiger partial charge in [-0.2, -0.15) is 0 Å². The Morgan fingerprint density at radius 1 is 1.35 bits per heavy atom. The lowest BCUT2D eigenvalue weighted by Gasteiger charge is -2.37. The zero-order valence-electron chi connectivity index (χ0n) is 12.3. The van der Waals surface area contributed by atoms with Crippen LogP contribution < -0.4 is 0 Å². The Bertz CT molecular complexity index is 455. The number of nitrogens with zero attached hydrogens (tertiary/aromatic N) is 3. The van der Waals surface area contributed by atoms with Gasteiger partial charge in [-0.15, -0.1) is 11.3 Å². The zero-order chi connectivity index (χ0) is 14.7. The maximum absolute atomic E-state index is 12.0. The summed E-state index contributed by atoms with van der Waals surface area (Å²) in [5.74, 6) is 0.184. The molecular formula is C14H22ClN3OS. The molecule has 0 N–H and O–H groups in total. The minimum atomic E-state index is -0.0247. The third-order valence-corrected chi connectivity index (χ3v) is 4.98. The molecule has 0 saturated carbocycles. The average Bonchev–Trinajstić information content (AvgIpc) is 2.83. The van der Waals surface area contributed by atoms with Crippen molar-refractivity contribution in [3.63, 3.8) is 0 Å². The second-order valence-electron chi connectivity index (χ2n) is 5.43. The number of thiophene rings is 1. The Labute approximate surface area is 129 Å². The van der Waals surface area contributed by atoms with Crippen LogP contribution in [0.5, 0.6) is 0 Å². The van der Waals surface area contributed by atoms with Crippen molar-refractivity contribution in [3.05, 3.63) is 21.3 Å². The van der Waals surface area contributed by atoms with Gasteiger partial charge < -0.3 is 4.90 Å². The lowest BCUT2D eigenvalue weighted by Crippen LogP contribution is -2.53. The summed E-state index contributed by atoms with van der Waals surface area (Å²) in [7, 11) is 3.63. The van der Waals surface area contributed by atoms with Gasteiger partial charge in [0.25, 0.3) is 0 Å². The highest BCUT2D eigenvalue weighted by Gasteiger charge is 2.26. The van der Waals surface area contributed by atoms with Gasteiger partial charge in [0, 0.05) is 51.7 Å². The van der Waals surface area contributed by atoms with Crippen molar-refractivity contribution in [3.8, 4) is 0 Å². The van der Waals surface area contributed by atoms with Crippen LogP contribution in [0.2, 0.25) is 4.34 Å². The number of halogens is 1. The molecule has 2 rings (SSSR count). The first-order valence-electron chi connectivity index (χ1n) is 6.89. The van der Waals surface area contributed by atoms with Crippen molar-refractivity contribution in [2.45, 2.75) is 19.5 Å². The first-order valence-corrected chi connectivity index (χ1v) is 8.08. The highest BCUT2D eigenvalue weighted by atomic mass is 35.5. The molecule has 1 saturated heterocycles. The smallest absolute Gasteiger partial charge is 0.239 e. The molecular weight excluding hydrogens is 294 g/mol. The lowest BCUT2D eigenvalue weighted by atomic mass is 10.2. The number of amides is 1. The molecule has 1 aliphatic rings. The summed E-state index contributed by atoms with van der Waals surface area (Å²) in [5.41, 5.74) is 0. The van der Waals surface area contributed by atoms with Crippen molar-refractivity contribution in [1.82, 2.24) is 14.7 Å². The minimum absolute atomic E-state index is 0.0247. The van der Waals surface area contributed by atoms with Crippen LogP contribution in [0.4, 0.5) is 0 Å². The average molecular weight is 316 g/mol. The molecule has 0 radical (unpaired) electrons. The summed E-state index contributed by atoms with van der Waals surface area (Å²) >= 11 is 7.60. The normalized spacial score (nSPS) is 19.0. The summed E-state index contributed by atoms with van der Waals surface area (Å²) in [6.07, 6.45) is 0. The Balaban J connectivity index is 1.81. The van der Waals surface area contributed by atoms with E-state index < -0.39 is 0 Å². The van der Waals surface area contributed by atoms with E-state index in [9.17, 15) is 4.79 Å². The fraction of sp³-hybridized carbons (Fsp3) is 0.643. The van der Waals surface area contributed by atoms with Gasteiger partial charge in [-0.1, -0.05) is 11.6 Å². The summed E-state index contributed by atoms with van der Waals surface area (Å²) in [6, 6.07) is 4.02. The maximum Gasteiger partial charge on any atom is 0.239 e. The second kappa shape index (κ2) is 6.89. The van der Waals surface area contributed by atoms with E-state index in [0.717, 1.165) is 37.1 Å². The van der Waals surface area contributed by atoms with Crippen LogP contribution in [-0.2, 0) is 11.3 Å². The van der Waals surface area contributed by atoms with Gasteiger partial charge in [0.1, 0.15) is 0 Å². The van der Waals surface area contributed by atoms with Gasteiger partial charge in [0.2, 0.25) is 5.91 Å². The molecule has 1 aromatic heterocycles. The standard InChI is InChI=1S/C14H22ClN3OS/c1-11(14(19)16(2)3)18-8-6-17(7-9-18)10-12-4-5-13(15)20-12/h4-5,11H,6-10H2,1-3H3. The molecule has 1 amide bonds. The van der Waals surface area contributed by atoms with Gasteiger partial charge in [-0.3, -0.25) is 14.6 Å². The Hall–Kier alpha value is -0.620. The molecule has 6 heteroatoms. The number of hydrogen-bond acceptors (Lipinski definition) is 4. The molecule has 2 heterocycles. The first-order chi connectivity index (χ1) is 9.47. The monoisotopic (exact) mass is 315 g/mol. The van der Waals surface area contributed by atoms with Crippen LogP contribution in [0.25, 0.3) is 0 Å². The van der Waals surface area contributed by atoms with E-state index in [1.165, 1.54) is 4.88 Å². The third-order valence-electron chi connectivity index (χ3n) is 3.76. The molecule has 1 atom stereocenters. The van der Waals surface area contributed by atoms with Crippen LogP contribution in [-0.4, -0.2) is 66.9 Å². The van der Waals surface area contributed by atoms with E-state index in [1.807, 2.05) is 27.1 Å². The predicted molar refractivity (Wildman–Crippen MR) is 84.3 cm³/mol. The van der Waals surface area contributed by atoms with Crippen LogP contribution in [0.15, 0.2) is 12.1 Å². The van der Waals surface area contributed by atoms with E-state index in [4.69, 9.17) is 11.6 Å². The quantitative estimate of drug-likeness (QED) is 0.850. The van der Waals surface area contributed by atoms with Crippen molar-refractivity contribution in [2.75, 3.05) is 40.3 Å². The van der Waals surface area contributed by atoms with E-state index >= 15 is 0 Å². The second-order valence-corrected chi connectivity index (χ2v) is 7.23. The zero-order valence-corrected chi connectivity index (χ0v) is 13.9. The van der Waals surface area contributed by atoms with Gasteiger partial charge in [-0.05, 0) is 19.1 Å². The van der Waals surface area contributed by atoms with Crippen molar-refractivity contribution in [1.29, 1.82) is 0 Å².